The number of sulfonamides is 1. The van der Waals surface area contributed by atoms with E-state index in [1.165, 1.54) is 0 Å². The van der Waals surface area contributed by atoms with Crippen LogP contribution < -0.4 is 9.62 Å². The summed E-state index contributed by atoms with van der Waals surface area (Å²) >= 11 is 0. The highest BCUT2D eigenvalue weighted by Crippen LogP contribution is 2.23. The first-order chi connectivity index (χ1) is 11.3. The van der Waals surface area contributed by atoms with Gasteiger partial charge in [-0.1, -0.05) is 48.0 Å². The van der Waals surface area contributed by atoms with Gasteiger partial charge in [0.15, 0.2) is 0 Å². The molecule has 2 aromatic carbocycles. The maximum atomic E-state index is 12.2. The Kier molecular flexibility index (Phi) is 5.62. The molecule has 0 aliphatic rings. The molecule has 0 saturated carbocycles. The molecular formula is C18H22N2O3S. The van der Waals surface area contributed by atoms with Gasteiger partial charge < -0.3 is 5.32 Å². The Morgan fingerprint density at radius 1 is 1.08 bits per heavy atom. The van der Waals surface area contributed by atoms with Crippen molar-refractivity contribution in [1.29, 1.82) is 0 Å². The van der Waals surface area contributed by atoms with Crippen LogP contribution >= 0.6 is 0 Å². The monoisotopic (exact) mass is 346 g/mol. The standard InChI is InChI=1S/C18H22N2O3S/c1-14-9-10-17(15(2)11-14)20(24(3,22)23)13-18(21)19-12-16-7-5-4-6-8-16/h4-11H,12-13H2,1-3H3,(H,19,21). The van der Waals surface area contributed by atoms with Crippen LogP contribution in [0.1, 0.15) is 16.7 Å². The SMILES string of the molecule is Cc1ccc(N(CC(=O)NCc2ccccc2)S(C)(=O)=O)c(C)c1. The average Bonchev–Trinajstić information content (AvgIpc) is 2.51. The van der Waals surface area contributed by atoms with Crippen LogP contribution in [0, 0.1) is 13.8 Å². The van der Waals surface area contributed by atoms with Crippen molar-refractivity contribution in [1.82, 2.24) is 5.32 Å². The Balaban J connectivity index is 2.13. The van der Waals surface area contributed by atoms with E-state index in [1.54, 1.807) is 6.07 Å². The third-order valence-corrected chi connectivity index (χ3v) is 4.77. The second kappa shape index (κ2) is 7.49. The highest BCUT2D eigenvalue weighted by Gasteiger charge is 2.22. The smallest absolute Gasteiger partial charge is 0.241 e. The molecule has 2 aromatic rings. The van der Waals surface area contributed by atoms with E-state index < -0.39 is 10.0 Å². The molecule has 5 nitrogen and oxygen atoms in total. The van der Waals surface area contributed by atoms with Crippen molar-refractivity contribution < 1.29 is 13.2 Å². The van der Waals surface area contributed by atoms with Gasteiger partial charge in [-0.25, -0.2) is 8.42 Å². The lowest BCUT2D eigenvalue weighted by Crippen LogP contribution is -2.40. The molecule has 1 amide bonds. The highest BCUT2D eigenvalue weighted by molar-refractivity contribution is 7.92. The Morgan fingerprint density at radius 2 is 1.75 bits per heavy atom. The fourth-order valence-corrected chi connectivity index (χ4v) is 3.36. The number of hydrogen-bond donors (Lipinski definition) is 1. The Morgan fingerprint density at radius 3 is 2.33 bits per heavy atom. The molecule has 24 heavy (non-hydrogen) atoms. The van der Waals surface area contributed by atoms with Gasteiger partial charge >= 0.3 is 0 Å². The minimum Gasteiger partial charge on any atom is -0.350 e. The van der Waals surface area contributed by atoms with Crippen molar-refractivity contribution in [3.05, 3.63) is 65.2 Å². The molecule has 0 bridgehead atoms. The zero-order valence-electron chi connectivity index (χ0n) is 14.1. The van der Waals surface area contributed by atoms with Crippen molar-refractivity contribution in [2.75, 3.05) is 17.1 Å². The minimum atomic E-state index is -3.56. The second-order valence-corrected chi connectivity index (χ2v) is 7.73. The number of benzene rings is 2. The van der Waals surface area contributed by atoms with E-state index in [0.29, 0.717) is 12.2 Å². The summed E-state index contributed by atoms with van der Waals surface area (Å²) in [4.78, 5) is 12.2. The van der Waals surface area contributed by atoms with Crippen LogP contribution in [0.2, 0.25) is 0 Å². The molecule has 2 rings (SSSR count). The average molecular weight is 346 g/mol. The highest BCUT2D eigenvalue weighted by atomic mass is 32.2. The second-order valence-electron chi connectivity index (χ2n) is 5.82. The summed E-state index contributed by atoms with van der Waals surface area (Å²) < 4.78 is 25.4. The van der Waals surface area contributed by atoms with Crippen LogP contribution in [0.15, 0.2) is 48.5 Å². The van der Waals surface area contributed by atoms with Crippen LogP contribution in [-0.2, 0) is 21.4 Å². The first-order valence-corrected chi connectivity index (χ1v) is 9.48. The number of rotatable bonds is 6. The minimum absolute atomic E-state index is 0.241. The fourth-order valence-electron chi connectivity index (χ4n) is 2.45. The quantitative estimate of drug-likeness (QED) is 0.873. The maximum absolute atomic E-state index is 12.2. The Bertz CT molecular complexity index is 817. The Hall–Kier alpha value is -2.34. The van der Waals surface area contributed by atoms with Crippen LogP contribution in [0.4, 0.5) is 5.69 Å². The number of carbonyl (C=O) groups is 1. The third kappa shape index (κ3) is 4.83. The van der Waals surface area contributed by atoms with Crippen molar-refractivity contribution >= 4 is 21.6 Å². The van der Waals surface area contributed by atoms with Gasteiger partial charge in [-0.3, -0.25) is 9.10 Å². The van der Waals surface area contributed by atoms with Gasteiger partial charge in [0.25, 0.3) is 0 Å². The molecular weight excluding hydrogens is 324 g/mol. The van der Waals surface area contributed by atoms with Crippen molar-refractivity contribution in [3.63, 3.8) is 0 Å². The fraction of sp³-hybridized carbons (Fsp3) is 0.278. The van der Waals surface area contributed by atoms with E-state index in [-0.39, 0.29) is 12.5 Å². The van der Waals surface area contributed by atoms with E-state index in [1.807, 2.05) is 56.3 Å². The van der Waals surface area contributed by atoms with Crippen LogP contribution in [0.25, 0.3) is 0 Å². The molecule has 0 radical (unpaired) electrons. The molecule has 6 heteroatoms. The molecule has 0 saturated heterocycles. The lowest BCUT2D eigenvalue weighted by atomic mass is 10.1. The lowest BCUT2D eigenvalue weighted by molar-refractivity contribution is -0.119. The van der Waals surface area contributed by atoms with Gasteiger partial charge in [-0.15, -0.1) is 0 Å². The predicted octanol–water partition coefficient (Wildman–Crippen LogP) is 2.39. The summed E-state index contributed by atoms with van der Waals surface area (Å²) in [5.41, 5.74) is 3.34. The van der Waals surface area contributed by atoms with Gasteiger partial charge in [-0.05, 0) is 31.0 Å². The van der Waals surface area contributed by atoms with Crippen molar-refractivity contribution in [3.8, 4) is 0 Å². The number of anilines is 1. The first-order valence-electron chi connectivity index (χ1n) is 7.63. The van der Waals surface area contributed by atoms with Crippen molar-refractivity contribution in [2.24, 2.45) is 0 Å². The number of nitrogens with zero attached hydrogens (tertiary/aromatic N) is 1. The van der Waals surface area contributed by atoms with Crippen LogP contribution in [0.5, 0.6) is 0 Å². The summed E-state index contributed by atoms with van der Waals surface area (Å²) in [6.45, 7) is 3.90. The van der Waals surface area contributed by atoms with E-state index in [0.717, 1.165) is 27.3 Å². The number of carbonyl (C=O) groups excluding carboxylic acids is 1. The van der Waals surface area contributed by atoms with E-state index in [4.69, 9.17) is 0 Å². The number of aryl methyl sites for hydroxylation is 2. The van der Waals surface area contributed by atoms with Crippen LogP contribution in [-0.4, -0.2) is 27.1 Å². The van der Waals surface area contributed by atoms with Gasteiger partial charge in [0, 0.05) is 6.54 Å². The first kappa shape index (κ1) is 18.0. The van der Waals surface area contributed by atoms with Gasteiger partial charge in [-0.2, -0.15) is 0 Å². The maximum Gasteiger partial charge on any atom is 0.241 e. The topological polar surface area (TPSA) is 66.5 Å². The van der Waals surface area contributed by atoms with Gasteiger partial charge in [0.2, 0.25) is 15.9 Å². The normalized spacial score (nSPS) is 11.1. The van der Waals surface area contributed by atoms with E-state index in [9.17, 15) is 13.2 Å². The number of hydrogen-bond acceptors (Lipinski definition) is 3. The predicted molar refractivity (Wildman–Crippen MR) is 96.4 cm³/mol. The molecule has 0 aliphatic carbocycles. The lowest BCUT2D eigenvalue weighted by Gasteiger charge is -2.24. The number of nitrogens with one attached hydrogen (secondary N) is 1. The van der Waals surface area contributed by atoms with Crippen molar-refractivity contribution in [2.45, 2.75) is 20.4 Å². The van der Waals surface area contributed by atoms with Gasteiger partial charge in [0.05, 0.1) is 11.9 Å². The Labute approximate surface area is 143 Å². The van der Waals surface area contributed by atoms with E-state index >= 15 is 0 Å². The summed E-state index contributed by atoms with van der Waals surface area (Å²) in [7, 11) is -3.56. The summed E-state index contributed by atoms with van der Waals surface area (Å²) in [5, 5.41) is 2.76. The molecule has 0 fully saturated rings. The number of amides is 1. The van der Waals surface area contributed by atoms with E-state index in [2.05, 4.69) is 5.32 Å². The zero-order valence-corrected chi connectivity index (χ0v) is 14.9. The molecule has 0 atom stereocenters. The van der Waals surface area contributed by atoms with Gasteiger partial charge in [0.1, 0.15) is 6.54 Å². The summed E-state index contributed by atoms with van der Waals surface area (Å²) in [6.07, 6.45) is 1.11. The molecule has 0 unspecified atom stereocenters. The third-order valence-electron chi connectivity index (χ3n) is 3.64. The molecule has 0 heterocycles. The summed E-state index contributed by atoms with van der Waals surface area (Å²) in [5.74, 6) is -0.343. The zero-order chi connectivity index (χ0) is 17.7. The molecule has 0 aliphatic heterocycles. The molecule has 128 valence electrons. The molecule has 1 N–H and O–H groups in total. The summed E-state index contributed by atoms with van der Waals surface area (Å²) in [6, 6.07) is 14.9. The molecule has 0 spiro atoms. The largest absolute Gasteiger partial charge is 0.350 e. The van der Waals surface area contributed by atoms with Crippen LogP contribution in [0.3, 0.4) is 0 Å². The molecule has 0 aromatic heterocycles.